The zero-order valence-electron chi connectivity index (χ0n) is 9.82. The fraction of sp³-hybridized carbons (Fsp3) is 0.500. The highest BCUT2D eigenvalue weighted by molar-refractivity contribution is 5.90. The number of hydrogen-bond donors (Lipinski definition) is 0. The van der Waals surface area contributed by atoms with Gasteiger partial charge in [0.15, 0.2) is 0 Å². The van der Waals surface area contributed by atoms with Crippen LogP contribution < -0.4 is 0 Å². The summed E-state index contributed by atoms with van der Waals surface area (Å²) in [5.41, 5.74) is 3.04. The Morgan fingerprint density at radius 1 is 1.31 bits per heavy atom. The molecule has 0 fully saturated rings. The van der Waals surface area contributed by atoms with Gasteiger partial charge in [-0.2, -0.15) is 0 Å². The Balaban J connectivity index is 1.98. The summed E-state index contributed by atoms with van der Waals surface area (Å²) < 4.78 is 0. The van der Waals surface area contributed by atoms with Gasteiger partial charge in [0.2, 0.25) is 0 Å². The lowest BCUT2D eigenvalue weighted by atomic mass is 9.82. The van der Waals surface area contributed by atoms with E-state index >= 15 is 0 Å². The van der Waals surface area contributed by atoms with Crippen molar-refractivity contribution in [3.05, 3.63) is 35.4 Å². The summed E-state index contributed by atoms with van der Waals surface area (Å²) in [6.45, 7) is 2.07. The van der Waals surface area contributed by atoms with Gasteiger partial charge < -0.3 is 4.90 Å². The molecule has 2 heteroatoms. The van der Waals surface area contributed by atoms with E-state index in [1.165, 1.54) is 36.2 Å². The minimum atomic E-state index is 0.553. The van der Waals surface area contributed by atoms with Crippen molar-refractivity contribution in [2.75, 3.05) is 20.1 Å². The van der Waals surface area contributed by atoms with Crippen LogP contribution in [0.15, 0.2) is 29.3 Å². The Bertz CT molecular complexity index is 422. The van der Waals surface area contributed by atoms with Crippen LogP contribution in [0.4, 0.5) is 0 Å². The number of amidine groups is 1. The molecule has 0 N–H and O–H groups in total. The normalized spacial score (nSPS) is 24.2. The van der Waals surface area contributed by atoms with Crippen LogP contribution in [-0.2, 0) is 6.42 Å². The van der Waals surface area contributed by atoms with Crippen molar-refractivity contribution in [2.45, 2.75) is 25.2 Å². The standard InChI is InChI=1S/C14H18N2/c1-16-10-9-15-14(16)13-8-4-6-11-5-2-3-7-12(11)13/h2-3,5,7,13H,4,6,8-10H2,1H3. The van der Waals surface area contributed by atoms with Crippen LogP contribution in [0.2, 0.25) is 0 Å². The van der Waals surface area contributed by atoms with Gasteiger partial charge in [-0.15, -0.1) is 0 Å². The van der Waals surface area contributed by atoms with Crippen LogP contribution in [0, 0.1) is 0 Å². The topological polar surface area (TPSA) is 15.6 Å². The van der Waals surface area contributed by atoms with Crippen molar-refractivity contribution in [3.63, 3.8) is 0 Å². The van der Waals surface area contributed by atoms with Crippen molar-refractivity contribution in [2.24, 2.45) is 4.99 Å². The molecule has 0 saturated carbocycles. The third-order valence-electron chi connectivity index (χ3n) is 3.78. The highest BCUT2D eigenvalue weighted by Crippen LogP contribution is 2.34. The van der Waals surface area contributed by atoms with E-state index in [-0.39, 0.29) is 0 Å². The van der Waals surface area contributed by atoms with E-state index < -0.39 is 0 Å². The Morgan fingerprint density at radius 3 is 3.00 bits per heavy atom. The maximum Gasteiger partial charge on any atom is 0.106 e. The molecule has 2 nitrogen and oxygen atoms in total. The fourth-order valence-corrected chi connectivity index (χ4v) is 2.95. The van der Waals surface area contributed by atoms with Gasteiger partial charge in [-0.05, 0) is 30.4 Å². The largest absolute Gasteiger partial charge is 0.361 e. The Morgan fingerprint density at radius 2 is 2.19 bits per heavy atom. The summed E-state index contributed by atoms with van der Waals surface area (Å²) >= 11 is 0. The van der Waals surface area contributed by atoms with E-state index in [9.17, 15) is 0 Å². The van der Waals surface area contributed by atoms with Gasteiger partial charge in [0.25, 0.3) is 0 Å². The molecule has 1 atom stereocenters. The Hall–Kier alpha value is -1.31. The summed E-state index contributed by atoms with van der Waals surface area (Å²) in [5.74, 6) is 1.87. The third-order valence-corrected chi connectivity index (χ3v) is 3.78. The van der Waals surface area contributed by atoms with Crippen LogP contribution >= 0.6 is 0 Å². The van der Waals surface area contributed by atoms with Crippen LogP contribution in [0.1, 0.15) is 29.9 Å². The lowest BCUT2D eigenvalue weighted by Crippen LogP contribution is -2.30. The molecule has 0 saturated heterocycles. The lowest BCUT2D eigenvalue weighted by molar-refractivity contribution is 0.517. The first kappa shape index (κ1) is 9.88. The van der Waals surface area contributed by atoms with Crippen molar-refractivity contribution >= 4 is 5.84 Å². The highest BCUT2D eigenvalue weighted by atomic mass is 15.2. The molecule has 0 spiro atoms. The first-order chi connectivity index (χ1) is 7.86. The molecule has 16 heavy (non-hydrogen) atoms. The molecule has 2 aliphatic rings. The number of nitrogens with zero attached hydrogens (tertiary/aromatic N) is 2. The predicted molar refractivity (Wildman–Crippen MR) is 67.1 cm³/mol. The second-order valence-corrected chi connectivity index (χ2v) is 4.81. The average molecular weight is 214 g/mol. The number of fused-ring (bicyclic) bond motifs is 1. The molecule has 84 valence electrons. The minimum absolute atomic E-state index is 0.553. The second kappa shape index (κ2) is 3.93. The van der Waals surface area contributed by atoms with Crippen molar-refractivity contribution < 1.29 is 0 Å². The molecular weight excluding hydrogens is 196 g/mol. The van der Waals surface area contributed by atoms with Crippen LogP contribution in [0.25, 0.3) is 0 Å². The summed E-state index contributed by atoms with van der Waals surface area (Å²) in [6.07, 6.45) is 3.80. The van der Waals surface area contributed by atoms with E-state index in [1.807, 2.05) is 0 Å². The van der Waals surface area contributed by atoms with E-state index in [0.717, 1.165) is 13.1 Å². The van der Waals surface area contributed by atoms with Crippen LogP contribution in [-0.4, -0.2) is 30.9 Å². The fourth-order valence-electron chi connectivity index (χ4n) is 2.95. The summed E-state index contributed by atoms with van der Waals surface area (Å²) in [6, 6.07) is 8.87. The van der Waals surface area contributed by atoms with E-state index in [4.69, 9.17) is 0 Å². The first-order valence-electron chi connectivity index (χ1n) is 6.19. The Labute approximate surface area is 97.0 Å². The second-order valence-electron chi connectivity index (χ2n) is 4.81. The van der Waals surface area contributed by atoms with Gasteiger partial charge in [-0.1, -0.05) is 24.3 Å². The molecule has 1 heterocycles. The molecular formula is C14H18N2. The van der Waals surface area contributed by atoms with Gasteiger partial charge in [0.1, 0.15) is 5.84 Å². The first-order valence-corrected chi connectivity index (χ1v) is 6.19. The molecule has 0 bridgehead atoms. The van der Waals surface area contributed by atoms with Gasteiger partial charge in [0.05, 0.1) is 6.54 Å². The molecule has 0 radical (unpaired) electrons. The summed E-state index contributed by atoms with van der Waals surface area (Å²) in [4.78, 5) is 7.01. The Kier molecular flexibility index (Phi) is 2.43. The minimum Gasteiger partial charge on any atom is -0.361 e. The lowest BCUT2D eigenvalue weighted by Gasteiger charge is -2.29. The summed E-state index contributed by atoms with van der Waals surface area (Å²) in [5, 5.41) is 0. The smallest absolute Gasteiger partial charge is 0.106 e. The monoisotopic (exact) mass is 214 g/mol. The number of aliphatic imine (C=N–C) groups is 1. The SMILES string of the molecule is CN1CCN=C1C1CCCc2ccccc21. The number of hydrogen-bond acceptors (Lipinski definition) is 2. The van der Waals surface area contributed by atoms with E-state index in [1.54, 1.807) is 0 Å². The van der Waals surface area contributed by atoms with Crippen LogP contribution in [0.3, 0.4) is 0 Å². The average Bonchev–Trinajstić information content (AvgIpc) is 2.75. The number of rotatable bonds is 1. The number of benzene rings is 1. The van der Waals surface area contributed by atoms with Crippen molar-refractivity contribution in [1.82, 2.24) is 4.90 Å². The zero-order valence-corrected chi connectivity index (χ0v) is 9.82. The van der Waals surface area contributed by atoms with Gasteiger partial charge >= 0.3 is 0 Å². The molecule has 1 aromatic carbocycles. The third kappa shape index (κ3) is 1.53. The molecule has 3 rings (SSSR count). The van der Waals surface area contributed by atoms with Gasteiger partial charge in [-0.25, -0.2) is 0 Å². The predicted octanol–water partition coefficient (Wildman–Crippen LogP) is 2.45. The molecule has 0 amide bonds. The summed E-state index contributed by atoms with van der Waals surface area (Å²) in [7, 11) is 2.17. The maximum atomic E-state index is 4.68. The van der Waals surface area contributed by atoms with Crippen molar-refractivity contribution in [1.29, 1.82) is 0 Å². The number of aryl methyl sites for hydroxylation is 1. The van der Waals surface area contributed by atoms with Crippen molar-refractivity contribution in [3.8, 4) is 0 Å². The van der Waals surface area contributed by atoms with Gasteiger partial charge in [0, 0.05) is 19.5 Å². The molecule has 1 aliphatic heterocycles. The van der Waals surface area contributed by atoms with Gasteiger partial charge in [-0.3, -0.25) is 4.99 Å². The molecule has 1 unspecified atom stereocenters. The quantitative estimate of drug-likeness (QED) is 0.701. The zero-order chi connectivity index (χ0) is 11.0. The van der Waals surface area contributed by atoms with Crippen LogP contribution in [0.5, 0.6) is 0 Å². The molecule has 1 aromatic rings. The van der Waals surface area contributed by atoms with E-state index in [2.05, 4.69) is 41.2 Å². The molecule has 0 aromatic heterocycles. The van der Waals surface area contributed by atoms with E-state index in [0.29, 0.717) is 5.92 Å². The highest BCUT2D eigenvalue weighted by Gasteiger charge is 2.28. The number of likely N-dealkylation sites (N-methyl/N-ethyl adjacent to an activating group) is 1. The molecule has 1 aliphatic carbocycles. The maximum absolute atomic E-state index is 4.68.